The van der Waals surface area contributed by atoms with Crippen molar-refractivity contribution in [3.8, 4) is 12.3 Å². The van der Waals surface area contributed by atoms with Gasteiger partial charge in [0.05, 0.1) is 18.8 Å². The number of hydrogen-bond acceptors (Lipinski definition) is 5. The number of aliphatic hydroxyl groups excluding tert-OH is 1. The van der Waals surface area contributed by atoms with Gasteiger partial charge in [-0.1, -0.05) is 32.0 Å². The Bertz CT molecular complexity index is 563. The lowest BCUT2D eigenvalue weighted by atomic mass is 9.84. The second kappa shape index (κ2) is 8.84. The second-order valence-corrected chi connectivity index (χ2v) is 6.00. The van der Waals surface area contributed by atoms with Gasteiger partial charge in [-0.15, -0.1) is 12.3 Å². The van der Waals surface area contributed by atoms with Gasteiger partial charge in [-0.2, -0.15) is 0 Å². The summed E-state index contributed by atoms with van der Waals surface area (Å²) in [5.74, 6) is 2.06. The molecule has 0 unspecified atom stereocenters. The van der Waals surface area contributed by atoms with Crippen LogP contribution in [0.3, 0.4) is 0 Å². The highest BCUT2D eigenvalue weighted by Crippen LogP contribution is 2.33. The number of carbonyl (C=O) groups excluding carboxylic acids is 1. The highest BCUT2D eigenvalue weighted by atomic mass is 16.7. The molecule has 2 rings (SSSR count). The first-order valence-electron chi connectivity index (χ1n) is 8.16. The van der Waals surface area contributed by atoms with E-state index in [0.29, 0.717) is 18.6 Å². The standard InChI is InChI=1S/C19H24O5/c1-4-5-11-22-19-14(3)13(2)17(16(12-20)23-19)24-18(21)15-9-7-6-8-10-15/h1,6-10,13-14,16-17,19-20H,5,11-12H2,2-3H3/t13-,14-,16-,17-,19-/m1/s1. The molecule has 130 valence electrons. The molecule has 0 bridgehead atoms. The predicted octanol–water partition coefficient (Wildman–Crippen LogP) is 2.24. The molecular formula is C19H24O5. The Morgan fingerprint density at radius 2 is 2.00 bits per heavy atom. The van der Waals surface area contributed by atoms with Crippen LogP contribution in [0.5, 0.6) is 0 Å². The first-order chi connectivity index (χ1) is 11.6. The van der Waals surface area contributed by atoms with E-state index in [4.69, 9.17) is 20.6 Å². The summed E-state index contributed by atoms with van der Waals surface area (Å²) in [5, 5.41) is 9.63. The Morgan fingerprint density at radius 1 is 1.29 bits per heavy atom. The molecule has 5 heteroatoms. The van der Waals surface area contributed by atoms with Crippen molar-refractivity contribution < 1.29 is 24.1 Å². The molecule has 5 atom stereocenters. The summed E-state index contributed by atoms with van der Waals surface area (Å²) in [7, 11) is 0. The van der Waals surface area contributed by atoms with Gasteiger partial charge < -0.3 is 19.3 Å². The molecule has 1 aliphatic heterocycles. The largest absolute Gasteiger partial charge is 0.456 e. The fourth-order valence-corrected chi connectivity index (χ4v) is 2.78. The van der Waals surface area contributed by atoms with E-state index in [9.17, 15) is 9.90 Å². The van der Waals surface area contributed by atoms with Crippen LogP contribution in [-0.4, -0.2) is 42.8 Å². The Hall–Kier alpha value is -1.87. The first kappa shape index (κ1) is 18.5. The molecule has 1 saturated heterocycles. The van der Waals surface area contributed by atoms with Crippen LogP contribution in [0, 0.1) is 24.2 Å². The van der Waals surface area contributed by atoms with Crippen molar-refractivity contribution in [2.45, 2.75) is 38.8 Å². The van der Waals surface area contributed by atoms with Crippen molar-refractivity contribution in [3.63, 3.8) is 0 Å². The van der Waals surface area contributed by atoms with E-state index in [1.165, 1.54) is 0 Å². The van der Waals surface area contributed by atoms with E-state index >= 15 is 0 Å². The Labute approximate surface area is 142 Å². The molecule has 0 spiro atoms. The summed E-state index contributed by atoms with van der Waals surface area (Å²) < 4.78 is 17.1. The molecule has 1 N–H and O–H groups in total. The zero-order valence-corrected chi connectivity index (χ0v) is 14.1. The molecule has 0 saturated carbocycles. The average Bonchev–Trinajstić information content (AvgIpc) is 2.61. The minimum Gasteiger partial charge on any atom is -0.456 e. The van der Waals surface area contributed by atoms with Gasteiger partial charge in [0.15, 0.2) is 6.29 Å². The van der Waals surface area contributed by atoms with E-state index in [-0.39, 0.29) is 18.4 Å². The third-order valence-electron chi connectivity index (χ3n) is 4.41. The average molecular weight is 332 g/mol. The summed E-state index contributed by atoms with van der Waals surface area (Å²) in [6.07, 6.45) is 4.08. The minimum atomic E-state index is -0.625. The third kappa shape index (κ3) is 4.35. The van der Waals surface area contributed by atoms with E-state index in [2.05, 4.69) is 5.92 Å². The van der Waals surface area contributed by atoms with Crippen molar-refractivity contribution in [3.05, 3.63) is 35.9 Å². The van der Waals surface area contributed by atoms with Gasteiger partial charge in [-0.25, -0.2) is 4.79 Å². The maximum Gasteiger partial charge on any atom is 0.338 e. The van der Waals surface area contributed by atoms with Gasteiger partial charge in [-0.05, 0) is 12.1 Å². The Kier molecular flexibility index (Phi) is 6.80. The molecule has 1 heterocycles. The zero-order valence-electron chi connectivity index (χ0n) is 14.1. The van der Waals surface area contributed by atoms with Gasteiger partial charge in [0.25, 0.3) is 0 Å². The lowest BCUT2D eigenvalue weighted by molar-refractivity contribution is -0.267. The summed E-state index contributed by atoms with van der Waals surface area (Å²) in [6, 6.07) is 8.78. The number of aliphatic hydroxyl groups is 1. The summed E-state index contributed by atoms with van der Waals surface area (Å²) in [6.45, 7) is 4.09. The molecule has 0 amide bonds. The lowest BCUT2D eigenvalue weighted by Crippen LogP contribution is -2.53. The molecule has 24 heavy (non-hydrogen) atoms. The number of hydrogen-bond donors (Lipinski definition) is 1. The third-order valence-corrected chi connectivity index (χ3v) is 4.41. The smallest absolute Gasteiger partial charge is 0.338 e. The fourth-order valence-electron chi connectivity index (χ4n) is 2.78. The highest BCUT2D eigenvalue weighted by molar-refractivity contribution is 5.89. The van der Waals surface area contributed by atoms with Crippen molar-refractivity contribution in [2.75, 3.05) is 13.2 Å². The van der Waals surface area contributed by atoms with Crippen LogP contribution in [0.4, 0.5) is 0 Å². The molecular weight excluding hydrogens is 308 g/mol. The molecule has 0 aromatic heterocycles. The van der Waals surface area contributed by atoms with E-state index in [1.807, 2.05) is 19.9 Å². The zero-order chi connectivity index (χ0) is 17.5. The summed E-state index contributed by atoms with van der Waals surface area (Å²) in [4.78, 5) is 12.3. The molecule has 1 aromatic carbocycles. The number of esters is 1. The van der Waals surface area contributed by atoms with Crippen LogP contribution in [0.15, 0.2) is 30.3 Å². The minimum absolute atomic E-state index is 0.000789. The fraction of sp³-hybridized carbons (Fsp3) is 0.526. The van der Waals surface area contributed by atoms with Gasteiger partial charge in [0.2, 0.25) is 0 Å². The van der Waals surface area contributed by atoms with Crippen molar-refractivity contribution in [1.82, 2.24) is 0 Å². The molecule has 1 fully saturated rings. The molecule has 1 aromatic rings. The topological polar surface area (TPSA) is 65.0 Å². The van der Waals surface area contributed by atoms with E-state index in [1.54, 1.807) is 24.3 Å². The Morgan fingerprint density at radius 3 is 2.62 bits per heavy atom. The highest BCUT2D eigenvalue weighted by Gasteiger charge is 2.44. The maximum atomic E-state index is 12.3. The number of ether oxygens (including phenoxy) is 3. The van der Waals surface area contributed by atoms with E-state index in [0.717, 1.165) is 0 Å². The normalized spacial score (nSPS) is 29.7. The van der Waals surface area contributed by atoms with Crippen LogP contribution < -0.4 is 0 Å². The van der Waals surface area contributed by atoms with Crippen molar-refractivity contribution in [1.29, 1.82) is 0 Å². The predicted molar refractivity (Wildman–Crippen MR) is 89.1 cm³/mol. The van der Waals surface area contributed by atoms with Crippen LogP contribution in [0.2, 0.25) is 0 Å². The van der Waals surface area contributed by atoms with Crippen molar-refractivity contribution in [2.24, 2.45) is 11.8 Å². The number of benzene rings is 1. The first-order valence-corrected chi connectivity index (χ1v) is 8.16. The Balaban J connectivity index is 2.04. The maximum absolute atomic E-state index is 12.3. The SMILES string of the molecule is C#CCCO[C@@H]1O[C@H](CO)[C@H](OC(=O)c2ccccc2)[C@H](C)[C@H]1C. The second-order valence-electron chi connectivity index (χ2n) is 6.00. The lowest BCUT2D eigenvalue weighted by Gasteiger charge is -2.43. The van der Waals surface area contributed by atoms with Gasteiger partial charge in [-0.3, -0.25) is 0 Å². The number of carbonyl (C=O) groups is 1. The number of terminal acetylenes is 1. The summed E-state index contributed by atoms with van der Waals surface area (Å²) in [5.41, 5.74) is 0.474. The molecule has 1 aliphatic rings. The van der Waals surface area contributed by atoms with Crippen LogP contribution in [0.25, 0.3) is 0 Å². The van der Waals surface area contributed by atoms with Gasteiger partial charge in [0, 0.05) is 18.3 Å². The monoisotopic (exact) mass is 332 g/mol. The van der Waals surface area contributed by atoms with E-state index < -0.39 is 24.5 Å². The number of rotatable bonds is 6. The van der Waals surface area contributed by atoms with Gasteiger partial charge >= 0.3 is 5.97 Å². The molecule has 0 aliphatic carbocycles. The van der Waals surface area contributed by atoms with Crippen LogP contribution in [-0.2, 0) is 14.2 Å². The molecule has 0 radical (unpaired) electrons. The van der Waals surface area contributed by atoms with Crippen molar-refractivity contribution >= 4 is 5.97 Å². The summed E-state index contributed by atoms with van der Waals surface area (Å²) >= 11 is 0. The van der Waals surface area contributed by atoms with Crippen LogP contribution in [0.1, 0.15) is 30.6 Å². The van der Waals surface area contributed by atoms with Gasteiger partial charge in [0.1, 0.15) is 12.2 Å². The van der Waals surface area contributed by atoms with Crippen LogP contribution >= 0.6 is 0 Å². The quantitative estimate of drug-likeness (QED) is 0.492. The molecule has 5 nitrogen and oxygen atoms in total.